The molecule has 3 rings (SSSR count). The number of aromatic nitrogens is 2. The van der Waals surface area contributed by atoms with E-state index in [-0.39, 0.29) is 10.6 Å². The highest BCUT2D eigenvalue weighted by Crippen LogP contribution is 2.30. The molecule has 0 aliphatic carbocycles. The van der Waals surface area contributed by atoms with Crippen LogP contribution in [0.5, 0.6) is 0 Å². The van der Waals surface area contributed by atoms with Crippen molar-refractivity contribution in [3.63, 3.8) is 0 Å². The number of anilines is 1. The van der Waals surface area contributed by atoms with E-state index in [2.05, 4.69) is 10.2 Å². The Balaban J connectivity index is 1.66. The quantitative estimate of drug-likeness (QED) is 0.429. The van der Waals surface area contributed by atoms with Crippen molar-refractivity contribution in [1.82, 2.24) is 10.2 Å². The van der Waals surface area contributed by atoms with Gasteiger partial charge in [0.2, 0.25) is 10.0 Å². The molecule has 0 radical (unpaired) electrons. The summed E-state index contributed by atoms with van der Waals surface area (Å²) in [5, 5.41) is 23.8. The van der Waals surface area contributed by atoms with Crippen molar-refractivity contribution in [2.75, 3.05) is 18.5 Å². The highest BCUT2D eigenvalue weighted by Gasteiger charge is 2.21. The van der Waals surface area contributed by atoms with E-state index >= 15 is 0 Å². The van der Waals surface area contributed by atoms with E-state index in [0.717, 1.165) is 29.4 Å². The number of aryl methyl sites for hydroxylation is 1. The summed E-state index contributed by atoms with van der Waals surface area (Å²) in [7, 11) is -2.29. The summed E-state index contributed by atoms with van der Waals surface area (Å²) in [5.74, 6) is 0. The molecule has 2 aromatic carbocycles. The third-order valence-electron chi connectivity index (χ3n) is 4.52. The highest BCUT2D eigenvalue weighted by atomic mass is 32.2. The van der Waals surface area contributed by atoms with Gasteiger partial charge >= 0.3 is 0 Å². The number of hydrogen-bond acceptors (Lipinski definition) is 6. The lowest BCUT2D eigenvalue weighted by atomic mass is 10.1. The number of hydrogen-bond donors (Lipinski definition) is 2. The normalized spacial score (nSPS) is 11.4. The van der Waals surface area contributed by atoms with Gasteiger partial charge in [0.25, 0.3) is 5.69 Å². The fourth-order valence-electron chi connectivity index (χ4n) is 3.02. The maximum Gasteiger partial charge on any atom is 0.293 e. The zero-order valence-corrected chi connectivity index (χ0v) is 16.6. The van der Waals surface area contributed by atoms with Crippen LogP contribution in [0.15, 0.2) is 59.5 Å². The minimum atomic E-state index is -4.01. The number of benzene rings is 2. The van der Waals surface area contributed by atoms with Crippen LogP contribution in [0.4, 0.5) is 11.4 Å². The number of sulfonamides is 1. The van der Waals surface area contributed by atoms with Gasteiger partial charge in [-0.2, -0.15) is 5.10 Å². The number of nitro groups is 1. The predicted molar refractivity (Wildman–Crippen MR) is 110 cm³/mol. The van der Waals surface area contributed by atoms with Crippen LogP contribution in [0.1, 0.15) is 12.1 Å². The predicted octanol–water partition coefficient (Wildman–Crippen LogP) is 2.70. The molecule has 0 bridgehead atoms. The minimum Gasteiger partial charge on any atom is -0.369 e. The van der Waals surface area contributed by atoms with Gasteiger partial charge in [-0.15, -0.1) is 0 Å². The molecule has 0 atom stereocenters. The van der Waals surface area contributed by atoms with Crippen LogP contribution in [0.2, 0.25) is 0 Å². The molecule has 0 unspecified atom stereocenters. The minimum absolute atomic E-state index is 0.285. The van der Waals surface area contributed by atoms with E-state index in [0.29, 0.717) is 18.7 Å². The molecule has 10 heteroatoms. The van der Waals surface area contributed by atoms with Gasteiger partial charge in [0, 0.05) is 30.9 Å². The Morgan fingerprint density at radius 1 is 1.17 bits per heavy atom. The van der Waals surface area contributed by atoms with Gasteiger partial charge in [-0.3, -0.25) is 15.2 Å². The summed E-state index contributed by atoms with van der Waals surface area (Å²) in [5.41, 5.74) is 2.89. The van der Waals surface area contributed by atoms with Crippen molar-refractivity contribution in [1.29, 1.82) is 0 Å². The molecule has 0 saturated heterocycles. The second kappa shape index (κ2) is 8.41. The van der Waals surface area contributed by atoms with Gasteiger partial charge in [-0.1, -0.05) is 30.3 Å². The average Bonchev–Trinajstić information content (AvgIpc) is 3.16. The molecule has 3 aromatic rings. The van der Waals surface area contributed by atoms with Crippen LogP contribution in [-0.4, -0.2) is 37.1 Å². The molecule has 29 heavy (non-hydrogen) atoms. The summed E-state index contributed by atoms with van der Waals surface area (Å²) in [6.07, 6.45) is 1.44. The number of nitrogens with one attached hydrogen (secondary N) is 1. The third-order valence-corrected chi connectivity index (χ3v) is 5.43. The van der Waals surface area contributed by atoms with Gasteiger partial charge < -0.3 is 4.90 Å². The van der Waals surface area contributed by atoms with Crippen molar-refractivity contribution in [2.24, 2.45) is 5.14 Å². The molecule has 0 spiro atoms. The van der Waals surface area contributed by atoms with Crippen LogP contribution < -0.4 is 10.0 Å². The SMILES string of the molecule is CN(CCCc1cc(-c2ccccc2)n[nH]1)c1ccc(S(N)(=O)=O)cc1[N+](=O)[O-]. The van der Waals surface area contributed by atoms with Crippen LogP contribution in [0.3, 0.4) is 0 Å². The van der Waals surface area contributed by atoms with Gasteiger partial charge in [0.05, 0.1) is 15.5 Å². The van der Waals surface area contributed by atoms with Crippen LogP contribution >= 0.6 is 0 Å². The summed E-state index contributed by atoms with van der Waals surface area (Å²) < 4.78 is 22.9. The van der Waals surface area contributed by atoms with E-state index in [1.54, 1.807) is 11.9 Å². The van der Waals surface area contributed by atoms with Gasteiger partial charge in [0.1, 0.15) is 5.69 Å². The van der Waals surface area contributed by atoms with Crippen molar-refractivity contribution >= 4 is 21.4 Å². The second-order valence-corrected chi connectivity index (χ2v) is 8.18. The van der Waals surface area contributed by atoms with Crippen molar-refractivity contribution in [2.45, 2.75) is 17.7 Å². The maximum atomic E-state index is 11.5. The Bertz CT molecular complexity index is 1110. The lowest BCUT2D eigenvalue weighted by Crippen LogP contribution is -2.21. The molecule has 1 heterocycles. The maximum absolute atomic E-state index is 11.5. The van der Waals surface area contributed by atoms with Gasteiger partial charge in [-0.25, -0.2) is 13.6 Å². The molecule has 0 aliphatic rings. The van der Waals surface area contributed by atoms with Crippen LogP contribution in [-0.2, 0) is 16.4 Å². The molecular formula is C19H21N5O4S. The second-order valence-electron chi connectivity index (χ2n) is 6.62. The van der Waals surface area contributed by atoms with E-state index in [1.165, 1.54) is 12.1 Å². The standard InChI is InChI=1S/C19H21N5O4S/c1-23(18-10-9-16(29(20,27)28)13-19(18)24(25)26)11-5-8-15-12-17(22-21-15)14-6-3-2-4-7-14/h2-4,6-7,9-10,12-13H,5,8,11H2,1H3,(H,21,22)(H2,20,27,28). The smallest absolute Gasteiger partial charge is 0.293 e. The number of primary sulfonamides is 1. The molecule has 3 N–H and O–H groups in total. The first kappa shape index (κ1) is 20.5. The topological polar surface area (TPSA) is 135 Å². The summed E-state index contributed by atoms with van der Waals surface area (Å²) in [6, 6.07) is 15.5. The number of nitrogens with two attached hydrogens (primary N) is 1. The number of nitro benzene ring substituents is 1. The monoisotopic (exact) mass is 415 g/mol. The summed E-state index contributed by atoms with van der Waals surface area (Å²) >= 11 is 0. The Morgan fingerprint density at radius 3 is 2.55 bits per heavy atom. The van der Waals surface area contributed by atoms with Gasteiger partial charge in [-0.05, 0) is 31.0 Å². The Labute approximate surface area is 168 Å². The molecule has 1 aromatic heterocycles. The Morgan fingerprint density at radius 2 is 1.90 bits per heavy atom. The van der Waals surface area contributed by atoms with Crippen LogP contribution in [0, 0.1) is 10.1 Å². The summed E-state index contributed by atoms with van der Waals surface area (Å²) in [6.45, 7) is 0.537. The first-order valence-electron chi connectivity index (χ1n) is 8.88. The molecule has 0 aliphatic heterocycles. The lowest BCUT2D eigenvalue weighted by molar-refractivity contribution is -0.384. The zero-order valence-electron chi connectivity index (χ0n) is 15.8. The van der Waals surface area contributed by atoms with Crippen LogP contribution in [0.25, 0.3) is 11.3 Å². The zero-order chi connectivity index (χ0) is 21.0. The highest BCUT2D eigenvalue weighted by molar-refractivity contribution is 7.89. The van der Waals surface area contributed by atoms with E-state index < -0.39 is 14.9 Å². The molecule has 0 fully saturated rings. The summed E-state index contributed by atoms with van der Waals surface area (Å²) in [4.78, 5) is 12.2. The van der Waals surface area contributed by atoms with E-state index in [9.17, 15) is 18.5 Å². The Kier molecular flexibility index (Phi) is 5.95. The molecule has 0 saturated carbocycles. The third kappa shape index (κ3) is 4.98. The van der Waals surface area contributed by atoms with Crippen molar-refractivity contribution in [3.8, 4) is 11.3 Å². The number of H-pyrrole nitrogens is 1. The van der Waals surface area contributed by atoms with Gasteiger partial charge in [0.15, 0.2) is 0 Å². The van der Waals surface area contributed by atoms with Crippen molar-refractivity contribution in [3.05, 3.63) is 70.4 Å². The lowest BCUT2D eigenvalue weighted by Gasteiger charge is -2.19. The number of nitrogens with zero attached hydrogens (tertiary/aromatic N) is 3. The molecule has 9 nitrogen and oxygen atoms in total. The number of aromatic amines is 1. The fraction of sp³-hybridized carbons (Fsp3) is 0.211. The molecule has 152 valence electrons. The van der Waals surface area contributed by atoms with E-state index in [1.807, 2.05) is 36.4 Å². The molecular weight excluding hydrogens is 394 g/mol. The number of rotatable bonds is 8. The average molecular weight is 415 g/mol. The largest absolute Gasteiger partial charge is 0.369 e. The van der Waals surface area contributed by atoms with Crippen molar-refractivity contribution < 1.29 is 13.3 Å². The molecule has 0 amide bonds. The fourth-order valence-corrected chi connectivity index (χ4v) is 3.56. The first-order chi connectivity index (χ1) is 13.8. The first-order valence-corrected chi connectivity index (χ1v) is 10.4. The Hall–Kier alpha value is -3.24. The van der Waals surface area contributed by atoms with E-state index in [4.69, 9.17) is 5.14 Å².